The molecule has 0 aliphatic heterocycles. The number of benzene rings is 1. The van der Waals surface area contributed by atoms with Gasteiger partial charge in [0.25, 0.3) is 5.91 Å². The molecule has 2 aliphatic carbocycles. The number of rotatable bonds is 3. The molecule has 2 saturated carbocycles. The highest BCUT2D eigenvalue weighted by atomic mass is 35.5. The Kier molecular flexibility index (Phi) is 3.69. The van der Waals surface area contributed by atoms with Crippen LogP contribution in [0.4, 0.5) is 0 Å². The van der Waals surface area contributed by atoms with Gasteiger partial charge in [-0.05, 0) is 48.4 Å². The Morgan fingerprint density at radius 3 is 2.82 bits per heavy atom. The summed E-state index contributed by atoms with van der Waals surface area (Å²) in [7, 11) is 0. The third-order valence-corrected chi connectivity index (χ3v) is 6.15. The van der Waals surface area contributed by atoms with E-state index in [1.165, 1.54) is 18.5 Å². The van der Waals surface area contributed by atoms with Crippen LogP contribution in [0.3, 0.4) is 0 Å². The number of aromatic nitrogens is 3. The van der Waals surface area contributed by atoms with Crippen LogP contribution in [0.25, 0.3) is 10.9 Å². The molecule has 0 saturated heterocycles. The molecule has 0 unspecified atom stereocenters. The number of H-pyrrole nitrogens is 1. The summed E-state index contributed by atoms with van der Waals surface area (Å²) in [4.78, 5) is 16.4. The van der Waals surface area contributed by atoms with Crippen LogP contribution < -0.4 is 5.32 Å². The normalized spacial score (nSPS) is 28.0. The van der Waals surface area contributed by atoms with Gasteiger partial charge in [0.05, 0.1) is 28.4 Å². The van der Waals surface area contributed by atoms with Crippen LogP contribution in [0.5, 0.6) is 0 Å². The molecule has 4 atom stereocenters. The van der Waals surface area contributed by atoms with E-state index in [-0.39, 0.29) is 23.8 Å². The van der Waals surface area contributed by atoms with E-state index in [9.17, 15) is 9.90 Å². The smallest absolute Gasteiger partial charge is 0.253 e. The lowest BCUT2D eigenvalue weighted by atomic mass is 9.86. The molecule has 3 aromatic rings. The number of carbonyl (C=O) groups is 1. The second-order valence-corrected chi connectivity index (χ2v) is 8.06. The predicted molar refractivity (Wildman–Crippen MR) is 101 cm³/mol. The summed E-state index contributed by atoms with van der Waals surface area (Å²) in [5.41, 5.74) is 1.32. The molecule has 0 spiro atoms. The van der Waals surface area contributed by atoms with Crippen LogP contribution in [0.2, 0.25) is 5.02 Å². The maximum atomic E-state index is 12.5. The number of fused-ring (bicyclic) bond motifs is 2. The Morgan fingerprint density at radius 2 is 2.07 bits per heavy atom. The van der Waals surface area contributed by atoms with Crippen LogP contribution in [0, 0.1) is 23.2 Å². The minimum atomic E-state index is -0.980. The van der Waals surface area contributed by atoms with Crippen LogP contribution in [0.1, 0.15) is 34.3 Å². The number of aromatic amines is 1. The number of hydrogen-bond donors (Lipinski definition) is 3. The zero-order valence-corrected chi connectivity index (χ0v) is 15.4. The van der Waals surface area contributed by atoms with Crippen molar-refractivity contribution in [1.29, 1.82) is 5.26 Å². The summed E-state index contributed by atoms with van der Waals surface area (Å²) in [6.45, 7) is 0. The summed E-state index contributed by atoms with van der Waals surface area (Å²) < 4.78 is 0. The maximum Gasteiger partial charge on any atom is 0.253 e. The quantitative estimate of drug-likeness (QED) is 0.632. The summed E-state index contributed by atoms with van der Waals surface area (Å²) in [6, 6.07) is 7.13. The van der Waals surface area contributed by atoms with Gasteiger partial charge in [-0.2, -0.15) is 10.4 Å². The molecular formula is C20H16ClN5O2. The Balaban J connectivity index is 1.32. The van der Waals surface area contributed by atoms with E-state index in [4.69, 9.17) is 16.9 Å². The largest absolute Gasteiger partial charge is 0.385 e. The van der Waals surface area contributed by atoms with E-state index in [2.05, 4.69) is 20.5 Å². The summed E-state index contributed by atoms with van der Waals surface area (Å²) in [5, 5.41) is 31.6. The lowest BCUT2D eigenvalue weighted by Gasteiger charge is -2.27. The number of aliphatic hydroxyl groups is 1. The van der Waals surface area contributed by atoms with Gasteiger partial charge in [0.1, 0.15) is 6.07 Å². The average Bonchev–Trinajstić information content (AvgIpc) is 3.06. The summed E-state index contributed by atoms with van der Waals surface area (Å²) >= 11 is 6.21. The highest BCUT2D eigenvalue weighted by Gasteiger charge is 2.62. The first-order valence-corrected chi connectivity index (χ1v) is 9.38. The Labute approximate surface area is 165 Å². The van der Waals surface area contributed by atoms with Crippen molar-refractivity contribution in [3.05, 3.63) is 58.5 Å². The van der Waals surface area contributed by atoms with Crippen molar-refractivity contribution in [3.8, 4) is 6.07 Å². The number of amides is 1. The number of halogens is 1. The van der Waals surface area contributed by atoms with Gasteiger partial charge in [0.2, 0.25) is 0 Å². The second kappa shape index (κ2) is 6.03. The molecule has 28 heavy (non-hydrogen) atoms. The summed E-state index contributed by atoms with van der Waals surface area (Å²) in [6.07, 6.45) is 5.69. The molecule has 8 heteroatoms. The van der Waals surface area contributed by atoms with E-state index in [0.717, 1.165) is 16.5 Å². The molecule has 140 valence electrons. The molecular weight excluding hydrogens is 378 g/mol. The standard InChI is InChI=1S/C20H16ClN5O2/c21-12-2-16(15-9-24-26-17(15)3-12)20(28)4-13-14(5-20)18(13)25-19(27)11-1-10(6-22)7-23-8-11/h1-3,7-9,13-14,18,28H,4-5H2,(H,24,26)(H,25,27)/t13-,14+,18+,20+. The van der Waals surface area contributed by atoms with E-state index in [1.54, 1.807) is 18.3 Å². The Hall–Kier alpha value is -2.95. The number of pyridine rings is 1. The van der Waals surface area contributed by atoms with Crippen LogP contribution in [0.15, 0.2) is 36.8 Å². The van der Waals surface area contributed by atoms with Crippen LogP contribution >= 0.6 is 11.6 Å². The highest BCUT2D eigenvalue weighted by molar-refractivity contribution is 6.31. The van der Waals surface area contributed by atoms with Crippen molar-refractivity contribution >= 4 is 28.4 Å². The second-order valence-electron chi connectivity index (χ2n) is 7.63. The molecule has 5 rings (SSSR count). The third kappa shape index (κ3) is 2.65. The molecule has 2 aromatic heterocycles. The highest BCUT2D eigenvalue weighted by Crippen LogP contribution is 2.60. The zero-order chi connectivity index (χ0) is 19.5. The first-order valence-electron chi connectivity index (χ1n) is 9.00. The molecule has 7 nitrogen and oxygen atoms in total. The van der Waals surface area contributed by atoms with E-state index >= 15 is 0 Å². The van der Waals surface area contributed by atoms with Gasteiger partial charge in [-0.3, -0.25) is 14.9 Å². The van der Waals surface area contributed by atoms with Crippen molar-refractivity contribution in [1.82, 2.24) is 20.5 Å². The van der Waals surface area contributed by atoms with Crippen molar-refractivity contribution in [2.45, 2.75) is 24.5 Å². The first-order chi connectivity index (χ1) is 13.5. The first kappa shape index (κ1) is 17.2. The van der Waals surface area contributed by atoms with Gasteiger partial charge in [-0.1, -0.05) is 11.6 Å². The van der Waals surface area contributed by atoms with Crippen molar-refractivity contribution < 1.29 is 9.90 Å². The zero-order valence-electron chi connectivity index (χ0n) is 14.7. The predicted octanol–water partition coefficient (Wildman–Crippen LogP) is 2.51. The lowest BCUT2D eigenvalue weighted by molar-refractivity contribution is 0.0293. The average molecular weight is 394 g/mol. The number of nitrogens with one attached hydrogen (secondary N) is 2. The SMILES string of the molecule is N#Cc1cncc(C(=O)N[C@H]2[C@@H]3C[C@@](O)(c4cc(Cl)cc5[nH]ncc45)C[C@@H]32)c1. The van der Waals surface area contributed by atoms with E-state index < -0.39 is 5.60 Å². The molecule has 3 N–H and O–H groups in total. The van der Waals surface area contributed by atoms with Gasteiger partial charge < -0.3 is 10.4 Å². The van der Waals surface area contributed by atoms with Crippen LogP contribution in [-0.2, 0) is 5.60 Å². The summed E-state index contributed by atoms with van der Waals surface area (Å²) in [5.74, 6) is 0.177. The molecule has 0 bridgehead atoms. The lowest BCUT2D eigenvalue weighted by Crippen LogP contribution is -2.33. The van der Waals surface area contributed by atoms with Gasteiger partial charge in [0.15, 0.2) is 0 Å². The molecule has 2 fully saturated rings. The topological polar surface area (TPSA) is 115 Å². The maximum absolute atomic E-state index is 12.5. The van der Waals surface area contributed by atoms with Gasteiger partial charge >= 0.3 is 0 Å². The van der Waals surface area contributed by atoms with Crippen molar-refractivity contribution in [2.24, 2.45) is 11.8 Å². The van der Waals surface area contributed by atoms with Gasteiger partial charge in [-0.25, -0.2) is 0 Å². The number of nitrogens with zero attached hydrogens (tertiary/aromatic N) is 3. The molecule has 1 amide bonds. The van der Waals surface area contributed by atoms with Gasteiger partial charge in [-0.15, -0.1) is 0 Å². The molecule has 0 radical (unpaired) electrons. The number of nitriles is 1. The number of hydrogen-bond acceptors (Lipinski definition) is 5. The Morgan fingerprint density at radius 1 is 1.29 bits per heavy atom. The fourth-order valence-corrected chi connectivity index (χ4v) is 4.78. The Bertz CT molecular complexity index is 1140. The molecule has 2 heterocycles. The minimum absolute atomic E-state index is 0.0255. The van der Waals surface area contributed by atoms with Crippen LogP contribution in [-0.4, -0.2) is 32.2 Å². The third-order valence-electron chi connectivity index (χ3n) is 5.93. The van der Waals surface area contributed by atoms with E-state index in [0.29, 0.717) is 29.0 Å². The van der Waals surface area contributed by atoms with E-state index in [1.807, 2.05) is 6.07 Å². The molecule has 1 aromatic carbocycles. The fourth-order valence-electron chi connectivity index (χ4n) is 4.56. The monoisotopic (exact) mass is 393 g/mol. The van der Waals surface area contributed by atoms with Crippen molar-refractivity contribution in [2.75, 3.05) is 0 Å². The van der Waals surface area contributed by atoms with Crippen molar-refractivity contribution in [3.63, 3.8) is 0 Å². The minimum Gasteiger partial charge on any atom is -0.385 e. The van der Waals surface area contributed by atoms with Gasteiger partial charge in [0, 0.05) is 28.8 Å². The molecule has 2 aliphatic rings. The fraction of sp³-hybridized carbons (Fsp3) is 0.300. The number of carbonyl (C=O) groups excluding carboxylic acids is 1.